The van der Waals surface area contributed by atoms with Crippen molar-refractivity contribution in [2.45, 2.75) is 37.7 Å². The zero-order valence-corrected chi connectivity index (χ0v) is 16.2. The maximum Gasteiger partial charge on any atom is 0.409 e. The number of amides is 1. The molecule has 0 aromatic heterocycles. The van der Waals surface area contributed by atoms with Gasteiger partial charge in [-0.2, -0.15) is 0 Å². The summed E-state index contributed by atoms with van der Waals surface area (Å²) in [7, 11) is -3.24. The molecular weight excluding hydrogens is 398 g/mol. The molecule has 134 valence electrons. The molecule has 1 aromatic carbocycles. The number of nitrogens with zero attached hydrogens (tertiary/aromatic N) is 1. The minimum absolute atomic E-state index is 0.0133. The van der Waals surface area contributed by atoms with Gasteiger partial charge < -0.3 is 14.4 Å². The van der Waals surface area contributed by atoms with Gasteiger partial charge in [-0.25, -0.2) is 13.2 Å². The number of piperidine rings is 1. The highest BCUT2D eigenvalue weighted by molar-refractivity contribution is 9.10. The lowest BCUT2D eigenvalue weighted by Gasteiger charge is -2.31. The van der Waals surface area contributed by atoms with Crippen LogP contribution in [0.25, 0.3) is 0 Å². The predicted octanol–water partition coefficient (Wildman–Crippen LogP) is 3.24. The Labute approximate surface area is 151 Å². The molecule has 0 atom stereocenters. The van der Waals surface area contributed by atoms with Crippen LogP contribution in [0.4, 0.5) is 4.79 Å². The van der Waals surface area contributed by atoms with E-state index in [0.717, 1.165) is 0 Å². The number of halogens is 1. The van der Waals surface area contributed by atoms with Gasteiger partial charge >= 0.3 is 6.09 Å². The summed E-state index contributed by atoms with van der Waals surface area (Å²) in [5, 5.41) is 0. The van der Waals surface area contributed by atoms with Crippen molar-refractivity contribution in [3.05, 3.63) is 22.7 Å². The summed E-state index contributed by atoms with van der Waals surface area (Å²) in [6.07, 6.45) is 1.12. The quantitative estimate of drug-likeness (QED) is 0.731. The van der Waals surface area contributed by atoms with Gasteiger partial charge in [-0.3, -0.25) is 0 Å². The summed E-state index contributed by atoms with van der Waals surface area (Å²) in [5.74, 6) is 0.672. The van der Waals surface area contributed by atoms with E-state index in [4.69, 9.17) is 9.47 Å². The molecule has 0 bridgehead atoms. The van der Waals surface area contributed by atoms with Gasteiger partial charge in [0.15, 0.2) is 9.84 Å². The van der Waals surface area contributed by atoms with E-state index >= 15 is 0 Å². The van der Waals surface area contributed by atoms with Gasteiger partial charge in [0.1, 0.15) is 11.9 Å². The van der Waals surface area contributed by atoms with Crippen LogP contribution in [-0.2, 0) is 14.6 Å². The molecule has 0 saturated carbocycles. The number of ether oxygens (including phenoxy) is 2. The number of carbonyl (C=O) groups excluding carboxylic acids is 1. The van der Waals surface area contributed by atoms with Crippen LogP contribution in [0.3, 0.4) is 0 Å². The van der Waals surface area contributed by atoms with E-state index in [1.807, 2.05) is 0 Å². The first-order valence-corrected chi connectivity index (χ1v) is 10.4. The molecule has 8 heteroatoms. The van der Waals surface area contributed by atoms with Crippen molar-refractivity contribution in [1.29, 1.82) is 0 Å². The average molecular weight is 420 g/mol. The third kappa shape index (κ3) is 4.63. The van der Waals surface area contributed by atoms with Gasteiger partial charge in [0.05, 0.1) is 21.7 Å². The lowest BCUT2D eigenvalue weighted by molar-refractivity contribution is 0.0701. The smallest absolute Gasteiger partial charge is 0.409 e. The molecule has 1 aliphatic rings. The second-order valence-electron chi connectivity index (χ2n) is 5.50. The Morgan fingerprint density at radius 3 is 2.50 bits per heavy atom. The summed E-state index contributed by atoms with van der Waals surface area (Å²) in [6, 6.07) is 4.80. The van der Waals surface area contributed by atoms with Crippen LogP contribution < -0.4 is 4.74 Å². The van der Waals surface area contributed by atoms with Crippen molar-refractivity contribution in [3.8, 4) is 5.75 Å². The second kappa shape index (κ2) is 8.20. The van der Waals surface area contributed by atoms with Gasteiger partial charge in [-0.05, 0) is 41.1 Å². The largest absolute Gasteiger partial charge is 0.489 e. The average Bonchev–Trinajstić information content (AvgIpc) is 2.57. The lowest BCUT2D eigenvalue weighted by Crippen LogP contribution is -2.42. The van der Waals surface area contributed by atoms with Crippen molar-refractivity contribution in [2.75, 3.05) is 25.4 Å². The standard InChI is InChI=1S/C16H22BrNO5S/c1-3-22-16(19)18-9-7-12(8-10-18)23-15-6-5-13(11-14(15)17)24(20,21)4-2/h5-6,11-12H,3-4,7-10H2,1-2H3. The van der Waals surface area contributed by atoms with Crippen molar-refractivity contribution >= 4 is 31.9 Å². The number of rotatable bonds is 5. The summed E-state index contributed by atoms with van der Waals surface area (Å²) < 4.78 is 35.4. The van der Waals surface area contributed by atoms with E-state index in [9.17, 15) is 13.2 Å². The number of hydrogen-bond acceptors (Lipinski definition) is 5. The third-order valence-corrected chi connectivity index (χ3v) is 6.26. The van der Waals surface area contributed by atoms with Crippen molar-refractivity contribution in [2.24, 2.45) is 0 Å². The third-order valence-electron chi connectivity index (χ3n) is 3.90. The molecule has 1 aliphatic heterocycles. The molecule has 6 nitrogen and oxygen atoms in total. The van der Waals surface area contributed by atoms with Gasteiger partial charge in [-0.1, -0.05) is 6.92 Å². The molecule has 1 saturated heterocycles. The number of likely N-dealkylation sites (tertiary alicyclic amines) is 1. The van der Waals surface area contributed by atoms with Crippen molar-refractivity contribution < 1.29 is 22.7 Å². The van der Waals surface area contributed by atoms with Gasteiger partial charge in [0, 0.05) is 25.9 Å². The van der Waals surface area contributed by atoms with Crippen LogP contribution in [-0.4, -0.2) is 51.0 Å². The molecule has 24 heavy (non-hydrogen) atoms. The van der Waals surface area contributed by atoms with E-state index < -0.39 is 9.84 Å². The summed E-state index contributed by atoms with van der Waals surface area (Å²) in [5.41, 5.74) is 0. The molecule has 1 fully saturated rings. The fourth-order valence-corrected chi connectivity index (χ4v) is 4.02. The van der Waals surface area contributed by atoms with E-state index in [1.165, 1.54) is 0 Å². The Hall–Kier alpha value is -1.28. The Morgan fingerprint density at radius 2 is 1.96 bits per heavy atom. The van der Waals surface area contributed by atoms with Crippen LogP contribution in [0.2, 0.25) is 0 Å². The predicted molar refractivity (Wildman–Crippen MR) is 94.1 cm³/mol. The van der Waals surface area contributed by atoms with Crippen molar-refractivity contribution in [1.82, 2.24) is 4.90 Å². The molecule has 1 amide bonds. The second-order valence-corrected chi connectivity index (χ2v) is 8.63. The summed E-state index contributed by atoms with van der Waals surface area (Å²) in [4.78, 5) is 13.6. The van der Waals surface area contributed by atoms with Gasteiger partial charge in [-0.15, -0.1) is 0 Å². The van der Waals surface area contributed by atoms with E-state index in [1.54, 1.807) is 36.9 Å². The van der Waals surface area contributed by atoms with E-state index in [0.29, 0.717) is 42.8 Å². The monoisotopic (exact) mass is 419 g/mol. The molecule has 1 heterocycles. The Kier molecular flexibility index (Phi) is 6.51. The maximum absolute atomic E-state index is 11.9. The molecule has 0 aliphatic carbocycles. The van der Waals surface area contributed by atoms with Crippen LogP contribution >= 0.6 is 15.9 Å². The normalized spacial score (nSPS) is 16.0. The highest BCUT2D eigenvalue weighted by Crippen LogP contribution is 2.30. The molecule has 0 unspecified atom stereocenters. The highest BCUT2D eigenvalue weighted by Gasteiger charge is 2.25. The minimum Gasteiger partial charge on any atom is -0.489 e. The first kappa shape index (κ1) is 19.1. The number of hydrogen-bond donors (Lipinski definition) is 0. The van der Waals surface area contributed by atoms with Crippen molar-refractivity contribution in [3.63, 3.8) is 0 Å². The number of carbonyl (C=O) groups is 1. The first-order valence-electron chi connectivity index (χ1n) is 7.98. The Bertz CT molecular complexity index is 684. The van der Waals surface area contributed by atoms with E-state index in [2.05, 4.69) is 15.9 Å². The Morgan fingerprint density at radius 1 is 1.29 bits per heavy atom. The first-order chi connectivity index (χ1) is 11.4. The lowest BCUT2D eigenvalue weighted by atomic mass is 10.1. The van der Waals surface area contributed by atoms with Crippen LogP contribution in [0, 0.1) is 0 Å². The molecule has 0 N–H and O–H groups in total. The fourth-order valence-electron chi connectivity index (χ4n) is 2.49. The zero-order valence-electron chi connectivity index (χ0n) is 13.8. The molecular formula is C16H22BrNO5S. The molecule has 2 rings (SSSR count). The maximum atomic E-state index is 11.9. The minimum atomic E-state index is -3.24. The summed E-state index contributed by atoms with van der Waals surface area (Å²) in [6.45, 7) is 4.95. The highest BCUT2D eigenvalue weighted by atomic mass is 79.9. The zero-order chi connectivity index (χ0) is 17.7. The number of sulfone groups is 1. The number of benzene rings is 1. The van der Waals surface area contributed by atoms with Crippen LogP contribution in [0.5, 0.6) is 5.75 Å². The van der Waals surface area contributed by atoms with Gasteiger partial charge in [0.25, 0.3) is 0 Å². The topological polar surface area (TPSA) is 72.9 Å². The Balaban J connectivity index is 1.97. The summed E-state index contributed by atoms with van der Waals surface area (Å²) >= 11 is 3.38. The molecule has 1 aromatic rings. The van der Waals surface area contributed by atoms with E-state index in [-0.39, 0.29) is 22.8 Å². The molecule has 0 radical (unpaired) electrons. The molecule has 0 spiro atoms. The van der Waals surface area contributed by atoms with Crippen LogP contribution in [0.1, 0.15) is 26.7 Å². The fraction of sp³-hybridized carbons (Fsp3) is 0.562. The van der Waals surface area contributed by atoms with Crippen LogP contribution in [0.15, 0.2) is 27.6 Å². The SMILES string of the molecule is CCOC(=O)N1CCC(Oc2ccc(S(=O)(=O)CC)cc2Br)CC1. The van der Waals surface area contributed by atoms with Gasteiger partial charge in [0.2, 0.25) is 0 Å².